The standard InChI is InChI=1S/C25H26ClF3N6O3/c1-34-18-5-4-14(31-22-17(26)8-30-24(33-22)35-9-13(27)6-15(36)10-35)7-16(18)19-20(23(34)37)38-11-25(28,29)21(32-19)12-2-3-12/h4-5,7-8,12-13,15,21,32,36H,2-3,6,9-11H2,1H3,(H,30,31,33)/t13-,15+,21?/m0/s1. The van der Waals surface area contributed by atoms with E-state index in [-0.39, 0.29) is 53.7 Å². The summed E-state index contributed by atoms with van der Waals surface area (Å²) in [6.45, 7) is -0.639. The second-order valence-electron chi connectivity index (χ2n) is 10.2. The fourth-order valence-electron chi connectivity index (χ4n) is 5.20. The highest BCUT2D eigenvalue weighted by molar-refractivity contribution is 6.32. The predicted octanol–water partition coefficient (Wildman–Crippen LogP) is 3.85. The van der Waals surface area contributed by atoms with E-state index in [1.807, 2.05) is 0 Å². The van der Waals surface area contributed by atoms with Crippen molar-refractivity contribution < 1.29 is 23.0 Å². The van der Waals surface area contributed by atoms with E-state index in [0.717, 1.165) is 0 Å². The van der Waals surface area contributed by atoms with Gasteiger partial charge >= 0.3 is 5.92 Å². The summed E-state index contributed by atoms with van der Waals surface area (Å²) < 4.78 is 50.6. The molecule has 0 radical (unpaired) electrons. The van der Waals surface area contributed by atoms with Gasteiger partial charge in [-0.2, -0.15) is 4.98 Å². The van der Waals surface area contributed by atoms with Gasteiger partial charge in [0.1, 0.15) is 11.2 Å². The summed E-state index contributed by atoms with van der Waals surface area (Å²) in [5.74, 6) is -3.03. The van der Waals surface area contributed by atoms with Gasteiger partial charge in [0.05, 0.1) is 36.1 Å². The molecule has 1 aliphatic carbocycles. The van der Waals surface area contributed by atoms with Gasteiger partial charge in [0.15, 0.2) is 12.4 Å². The van der Waals surface area contributed by atoms with Crippen LogP contribution in [0.3, 0.4) is 0 Å². The molecule has 0 bridgehead atoms. The molecular weight excluding hydrogens is 525 g/mol. The number of hydrogen-bond donors (Lipinski definition) is 3. The van der Waals surface area contributed by atoms with Crippen LogP contribution in [0.1, 0.15) is 19.3 Å². The van der Waals surface area contributed by atoms with Crippen molar-refractivity contribution in [1.82, 2.24) is 14.5 Å². The van der Waals surface area contributed by atoms with E-state index in [4.69, 9.17) is 16.3 Å². The average molecular weight is 551 g/mol. The topological polar surface area (TPSA) is 105 Å². The number of rotatable bonds is 4. The van der Waals surface area contributed by atoms with Crippen LogP contribution in [0.5, 0.6) is 5.75 Å². The lowest BCUT2D eigenvalue weighted by molar-refractivity contribution is -0.0579. The fraction of sp³-hybridized carbons (Fsp3) is 0.480. The summed E-state index contributed by atoms with van der Waals surface area (Å²) in [6, 6.07) is 3.96. The maximum absolute atomic E-state index is 14.9. The summed E-state index contributed by atoms with van der Waals surface area (Å²) in [6.07, 6.45) is 0.768. The van der Waals surface area contributed by atoms with Gasteiger partial charge in [-0.3, -0.25) is 4.79 Å². The maximum Gasteiger partial charge on any atom is 0.301 e. The van der Waals surface area contributed by atoms with Crippen LogP contribution in [0.2, 0.25) is 5.02 Å². The lowest BCUT2D eigenvalue weighted by Gasteiger charge is -2.32. The number of anilines is 4. The van der Waals surface area contributed by atoms with Crippen molar-refractivity contribution >= 4 is 45.6 Å². The first kappa shape index (κ1) is 25.1. The van der Waals surface area contributed by atoms with E-state index in [2.05, 4.69) is 20.6 Å². The van der Waals surface area contributed by atoms with Gasteiger partial charge in [0.25, 0.3) is 5.56 Å². The van der Waals surface area contributed by atoms with E-state index < -0.39 is 36.4 Å². The molecule has 2 aromatic heterocycles. The Hall–Kier alpha value is -3.25. The van der Waals surface area contributed by atoms with E-state index in [9.17, 15) is 23.1 Å². The molecule has 3 N–H and O–H groups in total. The molecule has 4 heterocycles. The summed E-state index contributed by atoms with van der Waals surface area (Å²) in [5, 5.41) is 16.7. The Kier molecular flexibility index (Phi) is 6.06. The number of aromatic nitrogens is 3. The maximum atomic E-state index is 14.9. The van der Waals surface area contributed by atoms with Gasteiger partial charge in [-0.15, -0.1) is 0 Å². The van der Waals surface area contributed by atoms with Gasteiger partial charge < -0.3 is 29.9 Å². The minimum atomic E-state index is -3.14. The number of fused-ring (bicyclic) bond motifs is 3. The van der Waals surface area contributed by atoms with Crippen molar-refractivity contribution in [2.75, 3.05) is 35.2 Å². The van der Waals surface area contributed by atoms with Gasteiger partial charge in [0, 0.05) is 31.1 Å². The highest BCUT2D eigenvalue weighted by Gasteiger charge is 2.51. The zero-order chi connectivity index (χ0) is 26.8. The van der Waals surface area contributed by atoms with Crippen LogP contribution in [0.4, 0.5) is 36.3 Å². The summed E-state index contributed by atoms with van der Waals surface area (Å²) in [5.41, 5.74) is 0.770. The largest absolute Gasteiger partial charge is 0.480 e. The van der Waals surface area contributed by atoms with Crippen LogP contribution in [0.25, 0.3) is 10.9 Å². The molecule has 2 aliphatic heterocycles. The molecule has 1 aromatic carbocycles. The summed E-state index contributed by atoms with van der Waals surface area (Å²) >= 11 is 6.35. The summed E-state index contributed by atoms with van der Waals surface area (Å²) in [7, 11) is 1.56. The molecule has 13 heteroatoms. The van der Waals surface area contributed by atoms with Crippen LogP contribution < -0.4 is 25.8 Å². The van der Waals surface area contributed by atoms with Gasteiger partial charge in [-0.1, -0.05) is 11.6 Å². The molecule has 1 saturated heterocycles. The van der Waals surface area contributed by atoms with Crippen LogP contribution in [0.15, 0.2) is 29.2 Å². The number of pyridine rings is 1. The number of nitrogens with one attached hydrogen (secondary N) is 2. The third-order valence-electron chi connectivity index (χ3n) is 7.26. The number of benzene rings is 1. The molecular formula is C25H26ClF3N6O3. The number of aryl methyl sites for hydroxylation is 1. The van der Waals surface area contributed by atoms with Crippen molar-refractivity contribution in [2.24, 2.45) is 13.0 Å². The first-order chi connectivity index (χ1) is 18.1. The predicted molar refractivity (Wildman–Crippen MR) is 138 cm³/mol. The summed E-state index contributed by atoms with van der Waals surface area (Å²) in [4.78, 5) is 23.2. The first-order valence-corrected chi connectivity index (χ1v) is 12.8. The number of hydrogen-bond acceptors (Lipinski definition) is 8. The molecule has 3 aliphatic rings. The molecule has 9 nitrogen and oxygen atoms in total. The Balaban J connectivity index is 1.38. The smallest absolute Gasteiger partial charge is 0.301 e. The molecule has 0 spiro atoms. The third-order valence-corrected chi connectivity index (χ3v) is 7.54. The Morgan fingerprint density at radius 1 is 1.29 bits per heavy atom. The molecule has 6 rings (SSSR count). The number of alkyl halides is 3. The van der Waals surface area contributed by atoms with Crippen LogP contribution in [-0.2, 0) is 7.05 Å². The number of aliphatic hydroxyl groups is 1. The normalized spacial score (nSPS) is 24.8. The fourth-order valence-corrected chi connectivity index (χ4v) is 5.33. The van der Waals surface area contributed by atoms with Crippen molar-refractivity contribution in [1.29, 1.82) is 0 Å². The zero-order valence-corrected chi connectivity index (χ0v) is 21.2. The highest BCUT2D eigenvalue weighted by Crippen LogP contribution is 2.45. The SMILES string of the molecule is Cn1c(=O)c2c(c3cc(Nc4nc(N5C[C@H](O)C[C@H](F)C5)ncc4Cl)ccc31)NC(C1CC1)C(F)(F)CO2. The van der Waals surface area contributed by atoms with Crippen LogP contribution >= 0.6 is 11.6 Å². The molecule has 0 amide bonds. The number of ether oxygens (including phenoxy) is 1. The van der Waals surface area contributed by atoms with E-state index in [0.29, 0.717) is 29.4 Å². The second-order valence-corrected chi connectivity index (χ2v) is 10.6. The molecule has 38 heavy (non-hydrogen) atoms. The number of aliphatic hydroxyl groups excluding tert-OH is 1. The quantitative estimate of drug-likeness (QED) is 0.450. The van der Waals surface area contributed by atoms with Crippen molar-refractivity contribution in [3.63, 3.8) is 0 Å². The Labute approximate surface area is 220 Å². The van der Waals surface area contributed by atoms with Crippen molar-refractivity contribution in [2.45, 2.75) is 43.5 Å². The second kappa shape index (κ2) is 9.19. The lowest BCUT2D eigenvalue weighted by atomic mass is 10.0. The van der Waals surface area contributed by atoms with E-state index >= 15 is 0 Å². The van der Waals surface area contributed by atoms with Crippen molar-refractivity contribution in [3.05, 3.63) is 39.8 Å². The van der Waals surface area contributed by atoms with Gasteiger partial charge in [-0.05, 0) is 37.0 Å². The Morgan fingerprint density at radius 2 is 2.08 bits per heavy atom. The minimum absolute atomic E-state index is 0.0483. The van der Waals surface area contributed by atoms with Crippen molar-refractivity contribution in [3.8, 4) is 5.75 Å². The molecule has 1 saturated carbocycles. The minimum Gasteiger partial charge on any atom is -0.480 e. The molecule has 3 atom stereocenters. The van der Waals surface area contributed by atoms with E-state index in [1.165, 1.54) is 10.8 Å². The average Bonchev–Trinajstić information content (AvgIpc) is 3.71. The highest BCUT2D eigenvalue weighted by atomic mass is 35.5. The van der Waals surface area contributed by atoms with Crippen LogP contribution in [0, 0.1) is 5.92 Å². The van der Waals surface area contributed by atoms with E-state index in [1.54, 1.807) is 30.1 Å². The molecule has 1 unspecified atom stereocenters. The number of piperidine rings is 1. The zero-order valence-electron chi connectivity index (χ0n) is 20.4. The third kappa shape index (κ3) is 4.49. The van der Waals surface area contributed by atoms with Crippen LogP contribution in [-0.4, -0.2) is 63.6 Å². The Bertz CT molecular complexity index is 1460. The van der Waals surface area contributed by atoms with Gasteiger partial charge in [-0.25, -0.2) is 18.2 Å². The first-order valence-electron chi connectivity index (χ1n) is 12.4. The monoisotopic (exact) mass is 550 g/mol. The van der Waals surface area contributed by atoms with Gasteiger partial charge in [0.2, 0.25) is 11.7 Å². The number of halogens is 4. The lowest BCUT2D eigenvalue weighted by Crippen LogP contribution is -2.45. The number of β-amino-alcohol motifs (C(OH)–C–C–N with tert-alkyl or cyclic N) is 1. The Morgan fingerprint density at radius 3 is 2.82 bits per heavy atom. The molecule has 202 valence electrons. The number of nitrogens with zero attached hydrogens (tertiary/aromatic N) is 4. The molecule has 3 aromatic rings. The molecule has 2 fully saturated rings.